The molecule has 3 unspecified atom stereocenters. The lowest BCUT2D eigenvalue weighted by Crippen LogP contribution is -2.35. The van der Waals surface area contributed by atoms with E-state index in [2.05, 4.69) is 18.5 Å². The lowest BCUT2D eigenvalue weighted by Gasteiger charge is -2.22. The van der Waals surface area contributed by atoms with Gasteiger partial charge in [0.2, 0.25) is 5.91 Å². The third-order valence-electron chi connectivity index (χ3n) is 5.45. The quantitative estimate of drug-likeness (QED) is 0.650. The normalized spacial score (nSPS) is 17.7. The molecule has 2 heterocycles. The van der Waals surface area contributed by atoms with E-state index in [-0.39, 0.29) is 23.5 Å². The summed E-state index contributed by atoms with van der Waals surface area (Å²) in [5.74, 6) is 0.759. The molecule has 1 aromatic heterocycles. The monoisotopic (exact) mass is 434 g/mol. The molecule has 2 aromatic rings. The maximum absolute atomic E-state index is 13.1. The summed E-state index contributed by atoms with van der Waals surface area (Å²) < 4.78 is 12.2. The van der Waals surface area contributed by atoms with Crippen LogP contribution in [0.5, 0.6) is 5.75 Å². The molecule has 0 spiro atoms. The Hall–Kier alpha value is -1.74. The molecule has 1 aromatic carbocycles. The maximum atomic E-state index is 13.1. The van der Waals surface area contributed by atoms with Gasteiger partial charge >= 0.3 is 0 Å². The third-order valence-corrected chi connectivity index (χ3v) is 6.41. The minimum atomic E-state index is -0.158. The maximum Gasteiger partial charge on any atom is 0.274 e. The molecule has 0 saturated carbocycles. The van der Waals surface area contributed by atoms with E-state index in [0.717, 1.165) is 27.5 Å². The van der Waals surface area contributed by atoms with Gasteiger partial charge in [0.15, 0.2) is 0 Å². The first-order chi connectivity index (χ1) is 13.8. The van der Waals surface area contributed by atoms with Crippen LogP contribution in [-0.4, -0.2) is 37.3 Å². The first-order valence-electron chi connectivity index (χ1n) is 9.52. The van der Waals surface area contributed by atoms with Crippen molar-refractivity contribution in [2.24, 2.45) is 0 Å². The molecule has 0 N–H and O–H groups in total. The molecule has 0 bridgehead atoms. The number of hydrogen-bond donors (Lipinski definition) is 0. The molecule has 1 aliphatic heterocycles. The van der Waals surface area contributed by atoms with Crippen molar-refractivity contribution in [2.45, 2.75) is 38.8 Å². The van der Waals surface area contributed by atoms with E-state index in [4.69, 9.17) is 9.47 Å². The number of methoxy groups -OCH3 is 2. The van der Waals surface area contributed by atoms with Crippen molar-refractivity contribution in [2.75, 3.05) is 25.7 Å². The fourth-order valence-corrected chi connectivity index (χ4v) is 5.15. The number of rotatable bonds is 6. The zero-order valence-corrected chi connectivity index (χ0v) is 19.6. The van der Waals surface area contributed by atoms with Gasteiger partial charge in [-0.2, -0.15) is 0 Å². The minimum Gasteiger partial charge on any atom is -0.497 e. The molecule has 29 heavy (non-hydrogen) atoms. The molecule has 8 heteroatoms. The van der Waals surface area contributed by atoms with Crippen molar-refractivity contribution < 1.29 is 14.3 Å². The number of carbonyl (C=O) groups excluding carboxylic acids is 1. The van der Waals surface area contributed by atoms with Gasteiger partial charge < -0.3 is 18.9 Å². The standard InChI is InChI=1S/C21H28N2O4P2/c1-12-5-6-22(10-13(2)26-3)21(25)20(12)23-11-14(7-18(23)24)19-16(28)8-15(27-4)9-17(19)29/h5-6,8-9,13-14H,7,10-11,28-29H2,1-4H3/t13?,14-/m0/s1. The van der Waals surface area contributed by atoms with Crippen LogP contribution in [-0.2, 0) is 16.1 Å². The van der Waals surface area contributed by atoms with E-state index in [1.54, 1.807) is 29.9 Å². The van der Waals surface area contributed by atoms with E-state index in [1.807, 2.05) is 32.0 Å². The second-order valence-electron chi connectivity index (χ2n) is 7.48. The molecule has 156 valence electrons. The zero-order chi connectivity index (χ0) is 21.3. The average molecular weight is 434 g/mol. The van der Waals surface area contributed by atoms with Crippen LogP contribution in [0.1, 0.15) is 30.4 Å². The molecule has 3 rings (SSSR count). The summed E-state index contributed by atoms with van der Waals surface area (Å²) >= 11 is 0. The molecular weight excluding hydrogens is 406 g/mol. The Labute approximate surface area is 176 Å². The fourth-order valence-electron chi connectivity index (χ4n) is 3.85. The minimum absolute atomic E-state index is 0.0127. The Balaban J connectivity index is 1.96. The molecule has 6 nitrogen and oxygen atoms in total. The highest BCUT2D eigenvalue weighted by Crippen LogP contribution is 2.32. The van der Waals surface area contributed by atoms with E-state index < -0.39 is 0 Å². The highest BCUT2D eigenvalue weighted by molar-refractivity contribution is 7.29. The van der Waals surface area contributed by atoms with Crippen molar-refractivity contribution >= 4 is 40.7 Å². The van der Waals surface area contributed by atoms with Crippen LogP contribution in [0.15, 0.2) is 29.2 Å². The summed E-state index contributed by atoms with van der Waals surface area (Å²) in [6.07, 6.45) is 2.04. The van der Waals surface area contributed by atoms with E-state index in [1.165, 1.54) is 0 Å². The first-order valence-corrected chi connectivity index (χ1v) is 10.7. The van der Waals surface area contributed by atoms with Gasteiger partial charge in [0.05, 0.1) is 19.8 Å². The number of anilines is 1. The van der Waals surface area contributed by atoms with Gasteiger partial charge in [-0.25, -0.2) is 0 Å². The van der Waals surface area contributed by atoms with Crippen molar-refractivity contribution in [3.05, 3.63) is 45.9 Å². The topological polar surface area (TPSA) is 60.8 Å². The highest BCUT2D eigenvalue weighted by atomic mass is 31.0. The summed E-state index contributed by atoms with van der Waals surface area (Å²) in [6.45, 7) is 4.70. The Bertz CT molecular complexity index is 966. The number of benzene rings is 1. The van der Waals surface area contributed by atoms with E-state index in [0.29, 0.717) is 25.2 Å². The van der Waals surface area contributed by atoms with Crippen molar-refractivity contribution in [3.8, 4) is 5.75 Å². The molecule has 0 aliphatic carbocycles. The van der Waals surface area contributed by atoms with Gasteiger partial charge in [0.25, 0.3) is 5.56 Å². The lowest BCUT2D eigenvalue weighted by molar-refractivity contribution is -0.117. The molecule has 4 atom stereocenters. The van der Waals surface area contributed by atoms with Gasteiger partial charge in [-0.3, -0.25) is 9.59 Å². The van der Waals surface area contributed by atoms with Crippen LogP contribution < -0.4 is 25.8 Å². The van der Waals surface area contributed by atoms with Gasteiger partial charge in [0.1, 0.15) is 11.4 Å². The molecular formula is C21H28N2O4P2. The van der Waals surface area contributed by atoms with Crippen LogP contribution in [0.4, 0.5) is 5.69 Å². The zero-order valence-electron chi connectivity index (χ0n) is 17.3. The first kappa shape index (κ1) is 22.0. The second-order valence-corrected chi connectivity index (χ2v) is 8.72. The largest absolute Gasteiger partial charge is 0.497 e. The predicted octanol–water partition coefficient (Wildman–Crippen LogP) is 1.72. The van der Waals surface area contributed by atoms with Crippen LogP contribution in [0, 0.1) is 6.92 Å². The summed E-state index contributed by atoms with van der Waals surface area (Å²) in [6, 6.07) is 5.79. The van der Waals surface area contributed by atoms with Gasteiger partial charge in [-0.1, -0.05) is 0 Å². The molecule has 1 aliphatic rings. The number of aromatic nitrogens is 1. The summed E-state index contributed by atoms with van der Waals surface area (Å²) in [5.41, 5.74) is 2.21. The van der Waals surface area contributed by atoms with Crippen LogP contribution in [0.25, 0.3) is 0 Å². The number of carbonyl (C=O) groups is 1. The Morgan fingerprint density at radius 1 is 1.21 bits per heavy atom. The van der Waals surface area contributed by atoms with E-state index in [9.17, 15) is 9.59 Å². The van der Waals surface area contributed by atoms with Crippen molar-refractivity contribution in [3.63, 3.8) is 0 Å². The van der Waals surface area contributed by atoms with Crippen LogP contribution >= 0.6 is 18.5 Å². The fraction of sp³-hybridized carbons (Fsp3) is 0.429. The SMILES string of the molecule is COc1cc(P)c([C@H]2CC(=O)N(c3c(C)ccn(CC(C)OC)c3=O)C2)c(P)c1. The smallest absolute Gasteiger partial charge is 0.274 e. The second kappa shape index (κ2) is 8.95. The number of amides is 1. The average Bonchev–Trinajstić information content (AvgIpc) is 3.04. The number of nitrogens with zero attached hydrogens (tertiary/aromatic N) is 2. The molecule has 1 fully saturated rings. The lowest BCUT2D eigenvalue weighted by atomic mass is 9.97. The Morgan fingerprint density at radius 3 is 2.45 bits per heavy atom. The molecule has 0 radical (unpaired) electrons. The number of ether oxygens (including phenoxy) is 2. The highest BCUT2D eigenvalue weighted by Gasteiger charge is 2.35. The molecule has 1 saturated heterocycles. The number of pyridine rings is 1. The molecule has 1 amide bonds. The number of hydrogen-bond acceptors (Lipinski definition) is 4. The van der Waals surface area contributed by atoms with E-state index >= 15 is 0 Å². The van der Waals surface area contributed by atoms with Crippen molar-refractivity contribution in [1.29, 1.82) is 0 Å². The van der Waals surface area contributed by atoms with Gasteiger partial charge in [-0.05, 0) is 53.8 Å². The van der Waals surface area contributed by atoms with Gasteiger partial charge in [-0.15, -0.1) is 18.5 Å². The van der Waals surface area contributed by atoms with Crippen molar-refractivity contribution in [1.82, 2.24) is 4.57 Å². The summed E-state index contributed by atoms with van der Waals surface area (Å²) in [5, 5.41) is 2.01. The predicted molar refractivity (Wildman–Crippen MR) is 123 cm³/mol. The summed E-state index contributed by atoms with van der Waals surface area (Å²) in [4.78, 5) is 27.7. The Morgan fingerprint density at radius 2 is 1.86 bits per heavy atom. The summed E-state index contributed by atoms with van der Waals surface area (Å²) in [7, 11) is 8.73. The third kappa shape index (κ3) is 4.40. The number of aryl methyl sites for hydroxylation is 1. The Kier molecular flexibility index (Phi) is 6.78. The van der Waals surface area contributed by atoms with Crippen LogP contribution in [0.2, 0.25) is 0 Å². The van der Waals surface area contributed by atoms with Crippen LogP contribution in [0.3, 0.4) is 0 Å². The van der Waals surface area contributed by atoms with Gasteiger partial charge in [0, 0.05) is 32.2 Å².